The maximum Gasteiger partial charge on any atom is 0.295 e. The summed E-state index contributed by atoms with van der Waals surface area (Å²) in [6.07, 6.45) is 0. The Labute approximate surface area is 151 Å². The summed E-state index contributed by atoms with van der Waals surface area (Å²) in [7, 11) is 1.89. The van der Waals surface area contributed by atoms with Crippen molar-refractivity contribution in [3.8, 4) is 5.69 Å². The van der Waals surface area contributed by atoms with Crippen molar-refractivity contribution in [2.24, 2.45) is 7.05 Å². The molecule has 5 nitrogen and oxygen atoms in total. The van der Waals surface area contributed by atoms with Crippen LogP contribution in [0.25, 0.3) is 16.5 Å². The van der Waals surface area contributed by atoms with Gasteiger partial charge in [0.05, 0.1) is 11.4 Å². The van der Waals surface area contributed by atoms with E-state index in [4.69, 9.17) is 0 Å². The quantitative estimate of drug-likeness (QED) is 0.609. The van der Waals surface area contributed by atoms with Gasteiger partial charge >= 0.3 is 0 Å². The Hall–Kier alpha value is -3.34. The van der Waals surface area contributed by atoms with Gasteiger partial charge in [-0.05, 0) is 37.4 Å². The average Bonchev–Trinajstić information content (AvgIpc) is 2.85. The molecule has 0 saturated carbocycles. The van der Waals surface area contributed by atoms with Crippen molar-refractivity contribution in [1.29, 1.82) is 0 Å². The molecule has 0 aliphatic rings. The molecule has 0 saturated heterocycles. The lowest BCUT2D eigenvalue weighted by molar-refractivity contribution is 0.630. The number of pyridine rings is 1. The van der Waals surface area contributed by atoms with Crippen molar-refractivity contribution in [3.63, 3.8) is 0 Å². The summed E-state index contributed by atoms with van der Waals surface area (Å²) < 4.78 is 3.52. The largest absolute Gasteiger partial charge is 0.334 e. The zero-order valence-electron chi connectivity index (χ0n) is 15.0. The van der Waals surface area contributed by atoms with E-state index in [2.05, 4.69) is 16.4 Å². The molecule has 2 aromatic carbocycles. The van der Waals surface area contributed by atoms with E-state index in [1.165, 1.54) is 0 Å². The number of nitrogens with one attached hydrogen (secondary N) is 1. The van der Waals surface area contributed by atoms with E-state index in [-0.39, 0.29) is 5.56 Å². The number of anilines is 2. The molecule has 0 unspecified atom stereocenters. The highest BCUT2D eigenvalue weighted by Gasteiger charge is 2.17. The lowest BCUT2D eigenvalue weighted by atomic mass is 10.1. The minimum atomic E-state index is -0.0939. The molecular formula is C21H20N4O. The molecule has 4 aromatic rings. The topological polar surface area (TPSA) is 51.9 Å². The second-order valence-corrected chi connectivity index (χ2v) is 6.39. The van der Waals surface area contributed by atoms with E-state index in [1.54, 1.807) is 4.68 Å². The monoisotopic (exact) mass is 344 g/mol. The normalized spacial score (nSPS) is 11.0. The Kier molecular flexibility index (Phi) is 3.84. The molecule has 0 radical (unpaired) electrons. The summed E-state index contributed by atoms with van der Waals surface area (Å²) in [6, 6.07) is 19.7. The third kappa shape index (κ3) is 2.58. The van der Waals surface area contributed by atoms with Crippen LogP contribution in [0, 0.1) is 13.8 Å². The van der Waals surface area contributed by atoms with Crippen molar-refractivity contribution in [2.75, 3.05) is 5.32 Å². The molecule has 0 amide bonds. The maximum absolute atomic E-state index is 13.1. The predicted octanol–water partition coefficient (Wildman–Crippen LogP) is 4.08. The Balaban J connectivity index is 1.88. The van der Waals surface area contributed by atoms with Gasteiger partial charge in [-0.2, -0.15) is 0 Å². The standard InChI is InChI=1S/C21H20N4O/c1-14-13-16-9-7-8-12-18(16)20(22-14)23-19-15(2)24(3)25(21(19)26)17-10-5-4-6-11-17/h4-13H,1-3H3,(H,22,23). The number of fused-ring (bicyclic) bond motifs is 1. The molecule has 2 aromatic heterocycles. The maximum atomic E-state index is 13.1. The molecule has 26 heavy (non-hydrogen) atoms. The first-order valence-electron chi connectivity index (χ1n) is 8.53. The van der Waals surface area contributed by atoms with Crippen LogP contribution >= 0.6 is 0 Å². The first kappa shape index (κ1) is 16.1. The third-order valence-corrected chi connectivity index (χ3v) is 4.67. The minimum absolute atomic E-state index is 0.0939. The van der Waals surface area contributed by atoms with Crippen molar-refractivity contribution in [2.45, 2.75) is 13.8 Å². The predicted molar refractivity (Wildman–Crippen MR) is 106 cm³/mol. The number of benzene rings is 2. The fourth-order valence-corrected chi connectivity index (χ4v) is 3.26. The van der Waals surface area contributed by atoms with E-state index in [9.17, 15) is 4.79 Å². The van der Waals surface area contributed by atoms with E-state index in [1.807, 2.05) is 80.2 Å². The number of nitrogens with zero attached hydrogens (tertiary/aromatic N) is 3. The minimum Gasteiger partial charge on any atom is -0.334 e. The van der Waals surface area contributed by atoms with Crippen molar-refractivity contribution in [1.82, 2.24) is 14.3 Å². The van der Waals surface area contributed by atoms with Crippen LogP contribution in [0.4, 0.5) is 11.5 Å². The first-order chi connectivity index (χ1) is 12.6. The molecule has 0 aliphatic carbocycles. The molecule has 5 heteroatoms. The van der Waals surface area contributed by atoms with Crippen LogP contribution in [0.1, 0.15) is 11.4 Å². The van der Waals surface area contributed by atoms with Crippen LogP contribution in [0.3, 0.4) is 0 Å². The first-order valence-corrected chi connectivity index (χ1v) is 8.53. The van der Waals surface area contributed by atoms with Gasteiger partial charge in [0.15, 0.2) is 0 Å². The van der Waals surface area contributed by atoms with Gasteiger partial charge in [-0.25, -0.2) is 9.67 Å². The third-order valence-electron chi connectivity index (χ3n) is 4.67. The highest BCUT2D eigenvalue weighted by molar-refractivity contribution is 5.93. The second kappa shape index (κ2) is 6.19. The Morgan fingerprint density at radius 2 is 1.65 bits per heavy atom. The number of hydrogen-bond donors (Lipinski definition) is 1. The van der Waals surface area contributed by atoms with Gasteiger partial charge in [0.25, 0.3) is 5.56 Å². The van der Waals surface area contributed by atoms with Gasteiger partial charge in [0, 0.05) is 18.1 Å². The second-order valence-electron chi connectivity index (χ2n) is 6.39. The summed E-state index contributed by atoms with van der Waals surface area (Å²) in [5.41, 5.74) is 3.04. The smallest absolute Gasteiger partial charge is 0.295 e. The van der Waals surface area contributed by atoms with Gasteiger partial charge in [-0.1, -0.05) is 42.5 Å². The Bertz CT molecular complexity index is 1160. The van der Waals surface area contributed by atoms with Gasteiger partial charge in [0.1, 0.15) is 11.5 Å². The Morgan fingerprint density at radius 1 is 0.962 bits per heavy atom. The van der Waals surface area contributed by atoms with Crippen LogP contribution in [0.2, 0.25) is 0 Å². The summed E-state index contributed by atoms with van der Waals surface area (Å²) in [6.45, 7) is 3.89. The van der Waals surface area contributed by atoms with Crippen LogP contribution in [0.5, 0.6) is 0 Å². The van der Waals surface area contributed by atoms with Crippen molar-refractivity contribution in [3.05, 3.63) is 82.4 Å². The van der Waals surface area contributed by atoms with E-state index >= 15 is 0 Å². The summed E-state index contributed by atoms with van der Waals surface area (Å²) in [5.74, 6) is 0.701. The molecular weight excluding hydrogens is 324 g/mol. The Morgan fingerprint density at radius 3 is 2.42 bits per heavy atom. The number of aryl methyl sites for hydroxylation is 1. The fourth-order valence-electron chi connectivity index (χ4n) is 3.26. The van der Waals surface area contributed by atoms with E-state index < -0.39 is 0 Å². The average molecular weight is 344 g/mol. The van der Waals surface area contributed by atoms with Crippen LogP contribution < -0.4 is 10.9 Å². The molecule has 0 fully saturated rings. The zero-order chi connectivity index (χ0) is 18.3. The number of hydrogen-bond acceptors (Lipinski definition) is 3. The molecule has 4 rings (SSSR count). The van der Waals surface area contributed by atoms with Gasteiger partial charge in [-0.3, -0.25) is 9.48 Å². The number of para-hydroxylation sites is 1. The highest BCUT2D eigenvalue weighted by Crippen LogP contribution is 2.26. The zero-order valence-corrected chi connectivity index (χ0v) is 15.0. The van der Waals surface area contributed by atoms with Crippen LogP contribution in [0.15, 0.2) is 65.5 Å². The lowest BCUT2D eigenvalue weighted by Gasteiger charge is -2.09. The van der Waals surface area contributed by atoms with Crippen LogP contribution in [-0.2, 0) is 7.05 Å². The van der Waals surface area contributed by atoms with Gasteiger partial charge in [0.2, 0.25) is 0 Å². The molecule has 0 bridgehead atoms. The lowest BCUT2D eigenvalue weighted by Crippen LogP contribution is -2.20. The van der Waals surface area contributed by atoms with Crippen molar-refractivity contribution >= 4 is 22.3 Å². The molecule has 1 N–H and O–H groups in total. The van der Waals surface area contributed by atoms with Crippen LogP contribution in [-0.4, -0.2) is 14.3 Å². The van der Waals surface area contributed by atoms with E-state index in [0.29, 0.717) is 11.5 Å². The summed E-state index contributed by atoms with van der Waals surface area (Å²) in [4.78, 5) is 17.7. The summed E-state index contributed by atoms with van der Waals surface area (Å²) >= 11 is 0. The van der Waals surface area contributed by atoms with E-state index in [0.717, 1.165) is 27.8 Å². The molecule has 0 atom stereocenters. The van der Waals surface area contributed by atoms with Gasteiger partial charge in [-0.15, -0.1) is 0 Å². The number of aromatic nitrogens is 3. The molecule has 0 spiro atoms. The molecule has 0 aliphatic heterocycles. The van der Waals surface area contributed by atoms with Crippen molar-refractivity contribution < 1.29 is 0 Å². The highest BCUT2D eigenvalue weighted by atomic mass is 16.1. The number of rotatable bonds is 3. The van der Waals surface area contributed by atoms with Gasteiger partial charge < -0.3 is 5.32 Å². The molecule has 2 heterocycles. The SMILES string of the molecule is Cc1cc2ccccc2c(Nc2c(C)n(C)n(-c3ccccc3)c2=O)n1. The fraction of sp³-hybridized carbons (Fsp3) is 0.143. The summed E-state index contributed by atoms with van der Waals surface area (Å²) in [5, 5.41) is 5.38. The molecule has 130 valence electrons.